The number of H-pyrrole nitrogens is 2. The lowest BCUT2D eigenvalue weighted by molar-refractivity contribution is -0.136. The van der Waals surface area contributed by atoms with E-state index in [0.29, 0.717) is 12.3 Å². The normalized spacial score (nSPS) is 17.2. The van der Waals surface area contributed by atoms with Crippen molar-refractivity contribution in [1.82, 2.24) is 9.97 Å². The molecule has 0 bridgehead atoms. The van der Waals surface area contributed by atoms with E-state index in [1.54, 1.807) is 0 Å². The zero-order valence-electron chi connectivity index (χ0n) is 9.79. The molecule has 0 radical (unpaired) electrons. The summed E-state index contributed by atoms with van der Waals surface area (Å²) >= 11 is 0. The molecule has 0 aliphatic heterocycles. The molecule has 0 spiro atoms. The van der Waals surface area contributed by atoms with Gasteiger partial charge >= 0.3 is 11.7 Å². The predicted octanol–water partition coefficient (Wildman–Crippen LogP) is 1.77. The average Bonchev–Trinajstić information content (AvgIpc) is 2.69. The molecule has 1 aliphatic carbocycles. The van der Waals surface area contributed by atoms with E-state index in [1.807, 2.05) is 0 Å². The van der Waals surface area contributed by atoms with Gasteiger partial charge in [0.25, 0.3) is 0 Å². The summed E-state index contributed by atoms with van der Waals surface area (Å²) in [5.41, 5.74) is 1.51. The molecule has 0 aromatic carbocycles. The fraction of sp³-hybridized carbons (Fsp3) is 0.667. The topological polar surface area (TPSA) is 85.9 Å². The van der Waals surface area contributed by atoms with Crippen molar-refractivity contribution in [3.8, 4) is 0 Å². The Labute approximate surface area is 99.3 Å². The van der Waals surface area contributed by atoms with Crippen molar-refractivity contribution < 1.29 is 9.90 Å². The molecule has 1 heterocycles. The molecule has 0 saturated heterocycles. The number of nitrogens with one attached hydrogen (secondary N) is 2. The molecule has 1 aromatic rings. The molecule has 2 rings (SSSR count). The van der Waals surface area contributed by atoms with Gasteiger partial charge in [-0.1, -0.05) is 19.3 Å². The van der Waals surface area contributed by atoms with Gasteiger partial charge in [0.2, 0.25) is 0 Å². The first-order valence-corrected chi connectivity index (χ1v) is 6.19. The number of hydrogen-bond donors (Lipinski definition) is 3. The number of rotatable bonds is 4. The van der Waals surface area contributed by atoms with Crippen molar-refractivity contribution in [2.45, 2.75) is 50.9 Å². The van der Waals surface area contributed by atoms with Gasteiger partial charge in [0, 0.05) is 17.3 Å². The fourth-order valence-electron chi connectivity index (χ4n) is 2.60. The third kappa shape index (κ3) is 2.99. The van der Waals surface area contributed by atoms with Crippen LogP contribution in [0.1, 0.15) is 55.8 Å². The Balaban J connectivity index is 2.14. The summed E-state index contributed by atoms with van der Waals surface area (Å²) in [4.78, 5) is 27.5. The molecule has 0 atom stereocenters. The Morgan fingerprint density at radius 1 is 1.24 bits per heavy atom. The van der Waals surface area contributed by atoms with E-state index in [4.69, 9.17) is 5.11 Å². The number of aromatic amines is 2. The van der Waals surface area contributed by atoms with E-state index in [-0.39, 0.29) is 12.1 Å². The lowest BCUT2D eigenvalue weighted by atomic mass is 9.86. The van der Waals surface area contributed by atoms with E-state index in [2.05, 4.69) is 9.97 Å². The van der Waals surface area contributed by atoms with Gasteiger partial charge in [-0.2, -0.15) is 0 Å². The van der Waals surface area contributed by atoms with Crippen LogP contribution in [0.5, 0.6) is 0 Å². The second kappa shape index (κ2) is 5.21. The summed E-state index contributed by atoms with van der Waals surface area (Å²) < 4.78 is 0. The first-order chi connectivity index (χ1) is 8.16. The van der Waals surface area contributed by atoms with Crippen molar-refractivity contribution in [2.75, 3.05) is 0 Å². The number of imidazole rings is 1. The first-order valence-electron chi connectivity index (χ1n) is 6.19. The largest absolute Gasteiger partial charge is 0.481 e. The van der Waals surface area contributed by atoms with Gasteiger partial charge in [0.15, 0.2) is 0 Å². The molecule has 1 aromatic heterocycles. The number of carbonyl (C=O) groups is 1. The first kappa shape index (κ1) is 12.0. The van der Waals surface area contributed by atoms with Crippen LogP contribution in [0.2, 0.25) is 0 Å². The standard InChI is InChI=1S/C12H18N2O3/c15-10(16)7-6-9-11(14-12(17)13-9)8-4-2-1-3-5-8/h8H,1-7H2,(H,15,16)(H2,13,14,17). The van der Waals surface area contributed by atoms with Crippen LogP contribution < -0.4 is 5.69 Å². The van der Waals surface area contributed by atoms with Crippen LogP contribution in [0.3, 0.4) is 0 Å². The van der Waals surface area contributed by atoms with E-state index in [1.165, 1.54) is 19.3 Å². The lowest BCUT2D eigenvalue weighted by Gasteiger charge is -2.21. The predicted molar refractivity (Wildman–Crippen MR) is 63.2 cm³/mol. The minimum atomic E-state index is -0.832. The molecule has 94 valence electrons. The number of carboxylic acids is 1. The Hall–Kier alpha value is -1.52. The molecule has 1 saturated carbocycles. The van der Waals surface area contributed by atoms with Crippen LogP contribution in [0.25, 0.3) is 0 Å². The maximum absolute atomic E-state index is 11.3. The molecule has 0 unspecified atom stereocenters. The maximum atomic E-state index is 11.3. The Kier molecular flexibility index (Phi) is 3.66. The van der Waals surface area contributed by atoms with Crippen LogP contribution >= 0.6 is 0 Å². The summed E-state index contributed by atoms with van der Waals surface area (Å²) in [6.45, 7) is 0. The number of aromatic nitrogens is 2. The monoisotopic (exact) mass is 238 g/mol. The maximum Gasteiger partial charge on any atom is 0.323 e. The van der Waals surface area contributed by atoms with Gasteiger partial charge in [0.05, 0.1) is 6.42 Å². The van der Waals surface area contributed by atoms with Gasteiger partial charge in [-0.25, -0.2) is 4.79 Å². The van der Waals surface area contributed by atoms with Crippen molar-refractivity contribution >= 4 is 5.97 Å². The van der Waals surface area contributed by atoms with Crippen LogP contribution in [0.15, 0.2) is 4.79 Å². The van der Waals surface area contributed by atoms with E-state index >= 15 is 0 Å². The summed E-state index contributed by atoms with van der Waals surface area (Å²) in [6.07, 6.45) is 6.29. The quantitative estimate of drug-likeness (QED) is 0.747. The lowest BCUT2D eigenvalue weighted by Crippen LogP contribution is -2.09. The number of hydrogen-bond acceptors (Lipinski definition) is 2. The third-order valence-corrected chi connectivity index (χ3v) is 3.44. The summed E-state index contributed by atoms with van der Waals surface area (Å²) in [5.74, 6) is -0.437. The average molecular weight is 238 g/mol. The molecule has 0 amide bonds. The van der Waals surface area contributed by atoms with Gasteiger partial charge < -0.3 is 15.1 Å². The second-order valence-corrected chi connectivity index (χ2v) is 4.70. The van der Waals surface area contributed by atoms with Crippen molar-refractivity contribution in [3.63, 3.8) is 0 Å². The number of aliphatic carboxylic acids is 1. The van der Waals surface area contributed by atoms with Crippen LogP contribution in [0.4, 0.5) is 0 Å². The van der Waals surface area contributed by atoms with Gasteiger partial charge in [-0.05, 0) is 19.3 Å². The highest BCUT2D eigenvalue weighted by atomic mass is 16.4. The molecule has 17 heavy (non-hydrogen) atoms. The molecule has 1 aliphatic rings. The molecule has 3 N–H and O–H groups in total. The van der Waals surface area contributed by atoms with Crippen LogP contribution in [-0.2, 0) is 11.2 Å². The van der Waals surface area contributed by atoms with Crippen molar-refractivity contribution in [3.05, 3.63) is 21.9 Å². The zero-order valence-corrected chi connectivity index (χ0v) is 9.79. The van der Waals surface area contributed by atoms with Gasteiger partial charge in [0.1, 0.15) is 0 Å². The second-order valence-electron chi connectivity index (χ2n) is 4.70. The number of aryl methyl sites for hydroxylation is 1. The summed E-state index contributed by atoms with van der Waals surface area (Å²) in [6, 6.07) is 0. The SMILES string of the molecule is O=C(O)CCc1[nH]c(=O)[nH]c1C1CCCCC1. The van der Waals surface area contributed by atoms with E-state index < -0.39 is 5.97 Å². The van der Waals surface area contributed by atoms with Gasteiger partial charge in [-0.15, -0.1) is 0 Å². The zero-order chi connectivity index (χ0) is 12.3. The molecular weight excluding hydrogens is 220 g/mol. The molecule has 5 heteroatoms. The highest BCUT2D eigenvalue weighted by molar-refractivity contribution is 5.67. The fourth-order valence-corrected chi connectivity index (χ4v) is 2.60. The van der Waals surface area contributed by atoms with Crippen molar-refractivity contribution in [2.24, 2.45) is 0 Å². The molecule has 5 nitrogen and oxygen atoms in total. The highest BCUT2D eigenvalue weighted by Gasteiger charge is 2.21. The Morgan fingerprint density at radius 2 is 1.94 bits per heavy atom. The highest BCUT2D eigenvalue weighted by Crippen LogP contribution is 2.32. The minimum Gasteiger partial charge on any atom is -0.481 e. The third-order valence-electron chi connectivity index (χ3n) is 3.44. The van der Waals surface area contributed by atoms with E-state index in [9.17, 15) is 9.59 Å². The number of carboxylic acid groups (broad SMARTS) is 1. The van der Waals surface area contributed by atoms with Crippen molar-refractivity contribution in [1.29, 1.82) is 0 Å². The van der Waals surface area contributed by atoms with E-state index in [0.717, 1.165) is 24.2 Å². The molecular formula is C12H18N2O3. The van der Waals surface area contributed by atoms with Crippen LogP contribution in [0, 0.1) is 0 Å². The Bertz CT molecular complexity index is 441. The smallest absolute Gasteiger partial charge is 0.323 e. The summed E-state index contributed by atoms with van der Waals surface area (Å²) in [5, 5.41) is 8.68. The van der Waals surface area contributed by atoms with Gasteiger partial charge in [-0.3, -0.25) is 4.79 Å². The molecule has 1 fully saturated rings. The minimum absolute atomic E-state index is 0.0630. The van der Waals surface area contributed by atoms with Crippen LogP contribution in [-0.4, -0.2) is 21.0 Å². The Morgan fingerprint density at radius 3 is 2.59 bits per heavy atom. The summed E-state index contributed by atoms with van der Waals surface area (Å²) in [7, 11) is 0.